The van der Waals surface area contributed by atoms with Gasteiger partial charge in [0, 0.05) is 18.9 Å². The van der Waals surface area contributed by atoms with E-state index in [-0.39, 0.29) is 17.6 Å². The third-order valence-electron chi connectivity index (χ3n) is 3.83. The molecule has 0 aliphatic carbocycles. The smallest absolute Gasteiger partial charge is 0.273 e. The number of hydrogen-bond donors (Lipinski definition) is 2. The minimum Gasteiger partial charge on any atom is -0.344 e. The van der Waals surface area contributed by atoms with E-state index in [1.165, 1.54) is 0 Å². The van der Waals surface area contributed by atoms with Gasteiger partial charge in [-0.3, -0.25) is 9.89 Å². The Kier molecular flexibility index (Phi) is 4.96. The van der Waals surface area contributed by atoms with Crippen LogP contribution in [0.3, 0.4) is 0 Å². The van der Waals surface area contributed by atoms with Crippen molar-refractivity contribution in [2.45, 2.75) is 25.9 Å². The largest absolute Gasteiger partial charge is 0.344 e. The van der Waals surface area contributed by atoms with Crippen molar-refractivity contribution in [2.24, 2.45) is 0 Å². The number of carbonyl (C=O) groups excluding carboxylic acids is 1. The second-order valence-corrected chi connectivity index (χ2v) is 5.92. The summed E-state index contributed by atoms with van der Waals surface area (Å²) in [5.74, 6) is -0.288. The summed E-state index contributed by atoms with van der Waals surface area (Å²) < 4.78 is 1.98. The summed E-state index contributed by atoms with van der Waals surface area (Å²) in [6.07, 6.45) is 6.13. The number of hydrogen-bond acceptors (Lipinski definition) is 3. The fraction of sp³-hybridized carbons (Fsp3) is 0.235. The number of aromatic amines is 1. The number of aromatic nitrogens is 4. The molecule has 24 heavy (non-hydrogen) atoms. The van der Waals surface area contributed by atoms with Crippen LogP contribution in [0.1, 0.15) is 34.2 Å². The molecule has 0 aliphatic heterocycles. The summed E-state index contributed by atoms with van der Waals surface area (Å²) in [4.78, 5) is 16.6. The third-order valence-corrected chi connectivity index (χ3v) is 4.29. The first-order valence-corrected chi connectivity index (χ1v) is 8.05. The molecule has 0 unspecified atom stereocenters. The van der Waals surface area contributed by atoms with E-state index in [0.29, 0.717) is 10.7 Å². The molecule has 0 spiro atoms. The molecule has 3 rings (SSSR count). The number of nitrogens with one attached hydrogen (secondary N) is 2. The topological polar surface area (TPSA) is 75.6 Å². The molecule has 1 atom stereocenters. The van der Waals surface area contributed by atoms with Gasteiger partial charge in [-0.1, -0.05) is 41.9 Å². The van der Waals surface area contributed by atoms with E-state index in [9.17, 15) is 4.79 Å². The van der Waals surface area contributed by atoms with Crippen molar-refractivity contribution < 1.29 is 4.79 Å². The normalized spacial score (nSPS) is 12.1. The zero-order valence-electron chi connectivity index (χ0n) is 13.2. The Hall–Kier alpha value is -2.60. The van der Waals surface area contributed by atoms with Gasteiger partial charge in [-0.05, 0) is 18.9 Å². The molecule has 0 bridgehead atoms. The van der Waals surface area contributed by atoms with E-state index in [1.54, 1.807) is 19.4 Å². The summed E-state index contributed by atoms with van der Waals surface area (Å²) in [6, 6.07) is 9.71. The highest BCUT2D eigenvalue weighted by Crippen LogP contribution is 2.21. The minimum absolute atomic E-state index is 0.144. The molecule has 0 radical (unpaired) electrons. The molecular weight excluding hydrogens is 326 g/mol. The Morgan fingerprint density at radius 1 is 1.38 bits per heavy atom. The van der Waals surface area contributed by atoms with Crippen molar-refractivity contribution in [3.8, 4) is 0 Å². The summed E-state index contributed by atoms with van der Waals surface area (Å²) in [5.41, 5.74) is 1.93. The molecule has 7 heteroatoms. The van der Waals surface area contributed by atoms with Crippen molar-refractivity contribution in [3.63, 3.8) is 0 Å². The van der Waals surface area contributed by atoms with Crippen molar-refractivity contribution in [2.75, 3.05) is 0 Å². The Bertz CT molecular complexity index is 798. The first-order chi connectivity index (χ1) is 11.6. The van der Waals surface area contributed by atoms with Gasteiger partial charge in [-0.15, -0.1) is 0 Å². The Balaban J connectivity index is 1.76. The first-order valence-electron chi connectivity index (χ1n) is 7.67. The second kappa shape index (κ2) is 7.31. The molecule has 0 fully saturated rings. The van der Waals surface area contributed by atoms with Crippen LogP contribution in [0.4, 0.5) is 0 Å². The maximum atomic E-state index is 12.5. The molecule has 0 saturated heterocycles. The molecule has 124 valence electrons. The zero-order chi connectivity index (χ0) is 16.9. The third kappa shape index (κ3) is 3.65. The Morgan fingerprint density at radius 2 is 2.17 bits per heavy atom. The number of H-pyrrole nitrogens is 1. The second-order valence-electron chi connectivity index (χ2n) is 5.54. The van der Waals surface area contributed by atoms with E-state index >= 15 is 0 Å². The molecule has 3 aromatic rings. The van der Waals surface area contributed by atoms with Gasteiger partial charge in [-0.25, -0.2) is 4.98 Å². The van der Waals surface area contributed by atoms with Crippen LogP contribution in [0.15, 0.2) is 49.1 Å². The monoisotopic (exact) mass is 343 g/mol. The first kappa shape index (κ1) is 16.3. The number of benzene rings is 1. The standard InChI is InChI=1S/C17H18ClN5O/c1-12-15(18)16(22-21-12)17(24)20-14(13-5-3-2-4-6-13)7-9-23-10-8-19-11-23/h2-6,8,10-11,14H,7,9H2,1H3,(H,20,24)(H,21,22)/t14-/m0/s1. The van der Waals surface area contributed by atoms with Crippen LogP contribution in [0.25, 0.3) is 0 Å². The van der Waals surface area contributed by atoms with Gasteiger partial charge in [0.15, 0.2) is 5.69 Å². The maximum Gasteiger partial charge on any atom is 0.273 e. The number of amides is 1. The lowest BCUT2D eigenvalue weighted by molar-refractivity contribution is 0.0928. The zero-order valence-corrected chi connectivity index (χ0v) is 14.0. The highest BCUT2D eigenvalue weighted by atomic mass is 35.5. The number of aryl methyl sites for hydroxylation is 2. The van der Waals surface area contributed by atoms with E-state index < -0.39 is 0 Å². The average Bonchev–Trinajstić information content (AvgIpc) is 3.23. The molecule has 2 N–H and O–H groups in total. The number of nitrogens with zero attached hydrogens (tertiary/aromatic N) is 3. The van der Waals surface area contributed by atoms with Crippen LogP contribution in [0, 0.1) is 6.92 Å². The van der Waals surface area contributed by atoms with E-state index in [0.717, 1.165) is 18.5 Å². The van der Waals surface area contributed by atoms with Gasteiger partial charge in [0.05, 0.1) is 23.1 Å². The number of halogens is 1. The fourth-order valence-electron chi connectivity index (χ4n) is 2.50. The lowest BCUT2D eigenvalue weighted by Crippen LogP contribution is -2.30. The lowest BCUT2D eigenvalue weighted by Gasteiger charge is -2.19. The fourth-order valence-corrected chi connectivity index (χ4v) is 2.67. The molecule has 0 aliphatic rings. The quantitative estimate of drug-likeness (QED) is 0.722. The maximum absolute atomic E-state index is 12.5. The average molecular weight is 344 g/mol. The number of rotatable bonds is 6. The summed E-state index contributed by atoms with van der Waals surface area (Å²) in [6.45, 7) is 2.52. The molecule has 0 saturated carbocycles. The van der Waals surface area contributed by atoms with Crippen LogP contribution in [-0.4, -0.2) is 25.7 Å². The van der Waals surface area contributed by atoms with Gasteiger partial charge in [0.1, 0.15) is 0 Å². The van der Waals surface area contributed by atoms with E-state index in [2.05, 4.69) is 20.5 Å². The molecule has 2 heterocycles. The van der Waals surface area contributed by atoms with Crippen molar-refractivity contribution in [1.29, 1.82) is 0 Å². The molecule has 6 nitrogen and oxygen atoms in total. The highest BCUT2D eigenvalue weighted by Gasteiger charge is 2.20. The summed E-state index contributed by atoms with van der Waals surface area (Å²) >= 11 is 6.12. The molecular formula is C17H18ClN5O. The van der Waals surface area contributed by atoms with Gasteiger partial charge < -0.3 is 9.88 Å². The van der Waals surface area contributed by atoms with E-state index in [4.69, 9.17) is 11.6 Å². The summed E-state index contributed by atoms with van der Waals surface area (Å²) in [5, 5.41) is 10.1. The predicted octanol–water partition coefficient (Wildman–Crippen LogP) is 3.13. The summed E-state index contributed by atoms with van der Waals surface area (Å²) in [7, 11) is 0. The minimum atomic E-state index is -0.288. The Labute approximate surface area is 144 Å². The molecule has 2 aromatic heterocycles. The van der Waals surface area contributed by atoms with Crippen molar-refractivity contribution >= 4 is 17.5 Å². The van der Waals surface area contributed by atoms with Crippen LogP contribution < -0.4 is 5.32 Å². The van der Waals surface area contributed by atoms with Crippen LogP contribution >= 0.6 is 11.6 Å². The lowest BCUT2D eigenvalue weighted by atomic mass is 10.0. The van der Waals surface area contributed by atoms with Crippen LogP contribution in [-0.2, 0) is 6.54 Å². The SMILES string of the molecule is Cc1[nH]nc(C(=O)N[C@@H](CCn2ccnc2)c2ccccc2)c1Cl. The Morgan fingerprint density at radius 3 is 2.79 bits per heavy atom. The van der Waals surface area contributed by atoms with Gasteiger partial charge >= 0.3 is 0 Å². The van der Waals surface area contributed by atoms with Gasteiger partial charge in [-0.2, -0.15) is 5.10 Å². The number of imidazole rings is 1. The predicted molar refractivity (Wildman–Crippen MR) is 91.8 cm³/mol. The van der Waals surface area contributed by atoms with Crippen molar-refractivity contribution in [3.05, 3.63) is 71.0 Å². The van der Waals surface area contributed by atoms with Gasteiger partial charge in [0.25, 0.3) is 5.91 Å². The van der Waals surface area contributed by atoms with Crippen LogP contribution in [0.5, 0.6) is 0 Å². The highest BCUT2D eigenvalue weighted by molar-refractivity contribution is 6.34. The van der Waals surface area contributed by atoms with Gasteiger partial charge in [0.2, 0.25) is 0 Å². The van der Waals surface area contributed by atoms with Crippen LogP contribution in [0.2, 0.25) is 5.02 Å². The molecule has 1 amide bonds. The molecule has 1 aromatic carbocycles. The van der Waals surface area contributed by atoms with Crippen molar-refractivity contribution in [1.82, 2.24) is 25.1 Å². The van der Waals surface area contributed by atoms with E-state index in [1.807, 2.05) is 41.1 Å². The number of carbonyl (C=O) groups is 1.